The lowest BCUT2D eigenvalue weighted by molar-refractivity contribution is 0.0695. The minimum absolute atomic E-state index is 0.226. The van der Waals surface area contributed by atoms with Crippen LogP contribution >= 0.6 is 0 Å². The van der Waals surface area contributed by atoms with Crippen LogP contribution in [0, 0.1) is 23.6 Å². The Labute approximate surface area is 125 Å². The molecule has 21 heavy (non-hydrogen) atoms. The van der Waals surface area contributed by atoms with E-state index in [4.69, 9.17) is 5.11 Å². The number of aliphatic hydroxyl groups is 2. The van der Waals surface area contributed by atoms with E-state index in [9.17, 15) is 9.50 Å². The summed E-state index contributed by atoms with van der Waals surface area (Å²) in [7, 11) is 0. The molecule has 0 radical (unpaired) electrons. The van der Waals surface area contributed by atoms with E-state index in [0.29, 0.717) is 11.5 Å². The lowest BCUT2D eigenvalue weighted by Gasteiger charge is -2.33. The molecule has 1 aromatic rings. The second kappa shape index (κ2) is 7.56. The van der Waals surface area contributed by atoms with Gasteiger partial charge in [-0.2, -0.15) is 0 Å². The molecule has 2 N–H and O–H groups in total. The normalized spacial score (nSPS) is 18.1. The van der Waals surface area contributed by atoms with Gasteiger partial charge in [0, 0.05) is 12.1 Å². The van der Waals surface area contributed by atoms with E-state index in [1.54, 1.807) is 6.07 Å². The molecule has 1 atom stereocenters. The third-order valence-corrected chi connectivity index (χ3v) is 4.08. The van der Waals surface area contributed by atoms with E-state index >= 15 is 0 Å². The molecule has 1 fully saturated rings. The molecule has 0 aliphatic carbocycles. The third-order valence-electron chi connectivity index (χ3n) is 4.08. The van der Waals surface area contributed by atoms with Crippen molar-refractivity contribution in [2.75, 3.05) is 19.7 Å². The summed E-state index contributed by atoms with van der Waals surface area (Å²) in [6.45, 7) is 4.21. The lowest BCUT2D eigenvalue weighted by atomic mass is 9.92. The molecular formula is C17H22FNO2. The molecule has 0 saturated carbocycles. The van der Waals surface area contributed by atoms with Crippen molar-refractivity contribution in [2.45, 2.75) is 32.4 Å². The van der Waals surface area contributed by atoms with Crippen LogP contribution in [0.15, 0.2) is 18.2 Å². The van der Waals surface area contributed by atoms with E-state index < -0.39 is 0 Å². The van der Waals surface area contributed by atoms with Gasteiger partial charge in [0.25, 0.3) is 0 Å². The highest BCUT2D eigenvalue weighted by Crippen LogP contribution is 2.22. The number of rotatable bonds is 3. The molecule has 1 unspecified atom stereocenters. The topological polar surface area (TPSA) is 43.7 Å². The van der Waals surface area contributed by atoms with Gasteiger partial charge in [-0.15, -0.1) is 0 Å². The largest absolute Gasteiger partial charge is 0.393 e. The van der Waals surface area contributed by atoms with Gasteiger partial charge in [0.15, 0.2) is 0 Å². The Morgan fingerprint density at radius 2 is 2.10 bits per heavy atom. The maximum absolute atomic E-state index is 13.3. The number of nitrogens with zero attached hydrogens (tertiary/aromatic N) is 1. The fraction of sp³-hybridized carbons (Fsp3) is 0.529. The summed E-state index contributed by atoms with van der Waals surface area (Å²) in [6.07, 6.45) is 1.72. The first-order chi connectivity index (χ1) is 10.1. The van der Waals surface area contributed by atoms with E-state index in [1.165, 1.54) is 12.1 Å². The fourth-order valence-corrected chi connectivity index (χ4v) is 2.77. The Bertz CT molecular complexity index is 525. The Morgan fingerprint density at radius 3 is 2.71 bits per heavy atom. The summed E-state index contributed by atoms with van der Waals surface area (Å²) in [5, 5.41) is 18.4. The number of benzene rings is 1. The Balaban J connectivity index is 2.03. The molecule has 0 aromatic heterocycles. The van der Waals surface area contributed by atoms with Gasteiger partial charge < -0.3 is 10.2 Å². The first kappa shape index (κ1) is 16.0. The zero-order chi connectivity index (χ0) is 15.2. The van der Waals surface area contributed by atoms with Crippen LogP contribution in [0.2, 0.25) is 0 Å². The molecule has 2 rings (SSSR count). The van der Waals surface area contributed by atoms with Crippen LogP contribution < -0.4 is 0 Å². The maximum Gasteiger partial charge on any atom is 0.124 e. The molecule has 0 bridgehead atoms. The summed E-state index contributed by atoms with van der Waals surface area (Å²) in [6, 6.07) is 4.63. The van der Waals surface area contributed by atoms with Crippen molar-refractivity contribution in [3.63, 3.8) is 0 Å². The first-order valence-corrected chi connectivity index (χ1v) is 7.38. The summed E-state index contributed by atoms with van der Waals surface area (Å²) in [4.78, 5) is 2.30. The van der Waals surface area contributed by atoms with Crippen molar-refractivity contribution in [1.82, 2.24) is 4.90 Å². The van der Waals surface area contributed by atoms with Gasteiger partial charge in [0.05, 0.1) is 6.10 Å². The van der Waals surface area contributed by atoms with Crippen LogP contribution in [0.1, 0.15) is 30.9 Å². The summed E-state index contributed by atoms with van der Waals surface area (Å²) >= 11 is 0. The van der Waals surface area contributed by atoms with Crippen molar-refractivity contribution in [1.29, 1.82) is 0 Å². The molecular weight excluding hydrogens is 269 g/mol. The van der Waals surface area contributed by atoms with Crippen LogP contribution in [-0.4, -0.2) is 40.9 Å². The van der Waals surface area contributed by atoms with Crippen LogP contribution in [0.5, 0.6) is 0 Å². The van der Waals surface area contributed by atoms with Gasteiger partial charge in [-0.1, -0.05) is 17.9 Å². The van der Waals surface area contributed by atoms with Crippen molar-refractivity contribution < 1.29 is 14.6 Å². The standard InChI is InChI=1S/C17H22FNO2/c1-13(21)14-6-8-19(9-7-14)12-16-4-5-17(18)11-15(16)3-2-10-20/h4-5,11,13-14,20-21H,6-10,12H2,1H3. The van der Waals surface area contributed by atoms with Gasteiger partial charge in [-0.05, 0) is 56.5 Å². The van der Waals surface area contributed by atoms with Crippen LogP contribution in [0.4, 0.5) is 4.39 Å². The lowest BCUT2D eigenvalue weighted by Crippen LogP contribution is -2.36. The summed E-state index contributed by atoms with van der Waals surface area (Å²) < 4.78 is 13.3. The van der Waals surface area contributed by atoms with Gasteiger partial charge in [-0.25, -0.2) is 4.39 Å². The van der Waals surface area contributed by atoms with Crippen molar-refractivity contribution >= 4 is 0 Å². The van der Waals surface area contributed by atoms with Crippen LogP contribution in [0.25, 0.3) is 0 Å². The second-order valence-electron chi connectivity index (χ2n) is 5.62. The minimum Gasteiger partial charge on any atom is -0.393 e. The number of likely N-dealkylation sites (tertiary alicyclic amines) is 1. The highest BCUT2D eigenvalue weighted by atomic mass is 19.1. The predicted molar refractivity (Wildman–Crippen MR) is 80.0 cm³/mol. The number of hydrogen-bond acceptors (Lipinski definition) is 3. The smallest absolute Gasteiger partial charge is 0.124 e. The maximum atomic E-state index is 13.3. The highest BCUT2D eigenvalue weighted by Gasteiger charge is 2.22. The van der Waals surface area contributed by atoms with Gasteiger partial charge in [0.2, 0.25) is 0 Å². The van der Waals surface area contributed by atoms with Crippen LogP contribution in [-0.2, 0) is 6.54 Å². The number of hydrogen-bond donors (Lipinski definition) is 2. The first-order valence-electron chi connectivity index (χ1n) is 7.38. The predicted octanol–water partition coefficient (Wildman–Crippen LogP) is 1.76. The number of halogens is 1. The SMILES string of the molecule is CC(O)C1CCN(Cc2ccc(F)cc2C#CCO)CC1. The second-order valence-corrected chi connectivity index (χ2v) is 5.62. The molecule has 114 valence electrons. The van der Waals surface area contributed by atoms with Crippen molar-refractivity contribution in [2.24, 2.45) is 5.92 Å². The molecule has 4 heteroatoms. The molecule has 1 aliphatic rings. The van der Waals surface area contributed by atoms with E-state index in [0.717, 1.165) is 38.0 Å². The number of aliphatic hydroxyl groups excluding tert-OH is 2. The Kier molecular flexibility index (Phi) is 5.75. The Morgan fingerprint density at radius 1 is 1.38 bits per heavy atom. The molecule has 3 nitrogen and oxygen atoms in total. The quantitative estimate of drug-likeness (QED) is 0.834. The summed E-state index contributed by atoms with van der Waals surface area (Å²) in [5.74, 6) is 5.46. The van der Waals surface area contributed by atoms with Gasteiger partial charge >= 0.3 is 0 Å². The molecule has 0 spiro atoms. The number of piperidine rings is 1. The molecule has 1 heterocycles. The minimum atomic E-state index is -0.311. The van der Waals surface area contributed by atoms with E-state index in [-0.39, 0.29) is 18.5 Å². The fourth-order valence-electron chi connectivity index (χ4n) is 2.77. The molecule has 1 aliphatic heterocycles. The molecule has 0 amide bonds. The molecule has 1 aromatic carbocycles. The zero-order valence-corrected chi connectivity index (χ0v) is 12.3. The van der Waals surface area contributed by atoms with Crippen LogP contribution in [0.3, 0.4) is 0 Å². The van der Waals surface area contributed by atoms with E-state index in [2.05, 4.69) is 16.7 Å². The zero-order valence-electron chi connectivity index (χ0n) is 12.3. The summed E-state index contributed by atoms with van der Waals surface area (Å²) in [5.41, 5.74) is 1.62. The van der Waals surface area contributed by atoms with Crippen molar-refractivity contribution in [3.8, 4) is 11.8 Å². The molecule has 1 saturated heterocycles. The average Bonchev–Trinajstić information content (AvgIpc) is 2.48. The van der Waals surface area contributed by atoms with Crippen molar-refractivity contribution in [3.05, 3.63) is 35.1 Å². The van der Waals surface area contributed by atoms with Gasteiger partial charge in [-0.3, -0.25) is 4.90 Å². The van der Waals surface area contributed by atoms with Gasteiger partial charge in [0.1, 0.15) is 12.4 Å². The monoisotopic (exact) mass is 291 g/mol. The average molecular weight is 291 g/mol. The van der Waals surface area contributed by atoms with E-state index in [1.807, 2.05) is 6.92 Å². The third kappa shape index (κ3) is 4.53. The Hall–Kier alpha value is -1.41. The highest BCUT2D eigenvalue weighted by molar-refractivity contribution is 5.41.